The third kappa shape index (κ3) is 6.23. The first-order chi connectivity index (χ1) is 18.1. The summed E-state index contributed by atoms with van der Waals surface area (Å²) in [7, 11) is 0. The highest BCUT2D eigenvalue weighted by Crippen LogP contribution is 2.37. The van der Waals surface area contributed by atoms with Crippen LogP contribution in [-0.2, 0) is 6.42 Å². The molecule has 0 bridgehead atoms. The number of hydrogen-bond acceptors (Lipinski definition) is 8. The van der Waals surface area contributed by atoms with E-state index < -0.39 is 5.82 Å². The van der Waals surface area contributed by atoms with Crippen LogP contribution in [0.4, 0.5) is 21.7 Å². The average molecular weight is 519 g/mol. The molecule has 37 heavy (non-hydrogen) atoms. The number of ether oxygens (including phenoxy) is 1. The standard InChI is InChI=1S/C28H31FN6OS/c1-2-6-25-34-26(19-7-5-8-20(30)17-19)27(37-25)23-11-12-31-28(33-23)32-21-9-10-24(22(29)18-21)36-16-15-35-13-3-4-14-35/h5,7-12,17-18H,2-4,6,13-16,30H2,1H3,(H,31,32,33). The zero-order valence-corrected chi connectivity index (χ0v) is 21.7. The highest BCUT2D eigenvalue weighted by atomic mass is 32.1. The lowest BCUT2D eigenvalue weighted by molar-refractivity contribution is 0.231. The van der Waals surface area contributed by atoms with Crippen LogP contribution in [-0.4, -0.2) is 46.1 Å². The summed E-state index contributed by atoms with van der Waals surface area (Å²) in [6.45, 7) is 5.61. The maximum absolute atomic E-state index is 14.7. The molecule has 7 nitrogen and oxygen atoms in total. The summed E-state index contributed by atoms with van der Waals surface area (Å²) >= 11 is 1.62. The first-order valence-electron chi connectivity index (χ1n) is 12.7. The predicted octanol–water partition coefficient (Wildman–Crippen LogP) is 6.16. The molecule has 0 unspecified atom stereocenters. The minimum absolute atomic E-state index is 0.249. The number of rotatable bonds is 10. The van der Waals surface area contributed by atoms with Crippen LogP contribution in [0.5, 0.6) is 5.75 Å². The van der Waals surface area contributed by atoms with Gasteiger partial charge in [-0.1, -0.05) is 19.1 Å². The Labute approximate surface area is 220 Å². The number of hydrogen-bond donors (Lipinski definition) is 2. The first kappa shape index (κ1) is 25.1. The van der Waals surface area contributed by atoms with E-state index in [1.807, 2.05) is 30.3 Å². The minimum Gasteiger partial charge on any atom is -0.489 e. The van der Waals surface area contributed by atoms with Crippen molar-refractivity contribution >= 4 is 28.7 Å². The molecular formula is C28H31FN6OS. The van der Waals surface area contributed by atoms with E-state index in [0.29, 0.717) is 23.9 Å². The Bertz CT molecular complexity index is 1350. The molecule has 4 aromatic rings. The van der Waals surface area contributed by atoms with Crippen LogP contribution in [0.2, 0.25) is 0 Å². The number of thiazole rings is 1. The molecule has 1 saturated heterocycles. The molecule has 9 heteroatoms. The fourth-order valence-electron chi connectivity index (χ4n) is 4.40. The Morgan fingerprint density at radius 2 is 1.97 bits per heavy atom. The Morgan fingerprint density at radius 3 is 2.76 bits per heavy atom. The van der Waals surface area contributed by atoms with Gasteiger partial charge in [0, 0.05) is 35.7 Å². The van der Waals surface area contributed by atoms with Gasteiger partial charge in [0.1, 0.15) is 6.61 Å². The quantitative estimate of drug-likeness (QED) is 0.243. The number of aromatic nitrogens is 3. The minimum atomic E-state index is -0.418. The first-order valence-corrected chi connectivity index (χ1v) is 13.5. The highest BCUT2D eigenvalue weighted by Gasteiger charge is 2.17. The lowest BCUT2D eigenvalue weighted by Crippen LogP contribution is -2.25. The van der Waals surface area contributed by atoms with Crippen molar-refractivity contribution in [1.82, 2.24) is 19.9 Å². The largest absolute Gasteiger partial charge is 0.489 e. The molecule has 0 amide bonds. The summed E-state index contributed by atoms with van der Waals surface area (Å²) in [5.41, 5.74) is 9.82. The summed E-state index contributed by atoms with van der Waals surface area (Å²) in [5.74, 6) is 0.209. The van der Waals surface area contributed by atoms with Crippen molar-refractivity contribution in [3.8, 4) is 27.6 Å². The molecule has 5 rings (SSSR count). The Hall–Kier alpha value is -3.56. The van der Waals surface area contributed by atoms with E-state index in [1.165, 1.54) is 18.9 Å². The molecule has 0 atom stereocenters. The Balaban J connectivity index is 1.33. The second-order valence-electron chi connectivity index (χ2n) is 9.09. The van der Waals surface area contributed by atoms with Gasteiger partial charge in [-0.25, -0.2) is 19.3 Å². The van der Waals surface area contributed by atoms with Crippen LogP contribution in [0.15, 0.2) is 54.7 Å². The zero-order valence-electron chi connectivity index (χ0n) is 20.9. The number of nitrogens with two attached hydrogens (primary N) is 1. The second kappa shape index (κ2) is 11.7. The molecule has 3 heterocycles. The maximum atomic E-state index is 14.7. The monoisotopic (exact) mass is 518 g/mol. The van der Waals surface area contributed by atoms with Crippen molar-refractivity contribution in [3.05, 3.63) is 65.6 Å². The third-order valence-corrected chi connectivity index (χ3v) is 7.37. The lowest BCUT2D eigenvalue weighted by atomic mass is 10.1. The van der Waals surface area contributed by atoms with E-state index in [0.717, 1.165) is 59.3 Å². The van der Waals surface area contributed by atoms with Gasteiger partial charge in [-0.15, -0.1) is 11.3 Å². The molecule has 3 N–H and O–H groups in total. The van der Waals surface area contributed by atoms with Crippen molar-refractivity contribution in [1.29, 1.82) is 0 Å². The number of nitrogen functional groups attached to an aromatic ring is 1. The van der Waals surface area contributed by atoms with E-state index >= 15 is 0 Å². The molecule has 0 spiro atoms. The summed E-state index contributed by atoms with van der Waals surface area (Å²) in [4.78, 5) is 17.2. The molecule has 0 saturated carbocycles. The van der Waals surface area contributed by atoms with Crippen LogP contribution < -0.4 is 15.8 Å². The summed E-state index contributed by atoms with van der Waals surface area (Å²) < 4.78 is 20.4. The second-order valence-corrected chi connectivity index (χ2v) is 10.2. The molecule has 1 fully saturated rings. The topological polar surface area (TPSA) is 89.2 Å². The van der Waals surface area contributed by atoms with Gasteiger partial charge in [-0.05, 0) is 69.1 Å². The molecule has 192 valence electrons. The summed E-state index contributed by atoms with van der Waals surface area (Å²) in [6, 6.07) is 14.4. The Morgan fingerprint density at radius 1 is 1.11 bits per heavy atom. The smallest absolute Gasteiger partial charge is 0.227 e. The highest BCUT2D eigenvalue weighted by molar-refractivity contribution is 7.15. The van der Waals surface area contributed by atoms with Gasteiger partial charge >= 0.3 is 0 Å². The van der Waals surface area contributed by atoms with Gasteiger partial charge in [0.2, 0.25) is 5.95 Å². The number of halogens is 1. The molecule has 2 aromatic carbocycles. The van der Waals surface area contributed by atoms with Gasteiger partial charge < -0.3 is 15.8 Å². The third-order valence-electron chi connectivity index (χ3n) is 6.24. The molecular weight excluding hydrogens is 487 g/mol. The number of anilines is 3. The van der Waals surface area contributed by atoms with E-state index in [1.54, 1.807) is 29.7 Å². The van der Waals surface area contributed by atoms with Crippen LogP contribution in [0, 0.1) is 5.82 Å². The van der Waals surface area contributed by atoms with Crippen molar-refractivity contribution < 1.29 is 9.13 Å². The van der Waals surface area contributed by atoms with Crippen LogP contribution in [0.25, 0.3) is 21.8 Å². The SMILES string of the molecule is CCCc1nc(-c2cccc(N)c2)c(-c2ccnc(Nc3ccc(OCCN4CCCC4)c(F)c3)n2)s1. The maximum Gasteiger partial charge on any atom is 0.227 e. The van der Waals surface area contributed by atoms with Crippen LogP contribution >= 0.6 is 11.3 Å². The van der Waals surface area contributed by atoms with E-state index in [-0.39, 0.29) is 5.75 Å². The van der Waals surface area contributed by atoms with Crippen LogP contribution in [0.1, 0.15) is 31.2 Å². The van der Waals surface area contributed by atoms with Crippen molar-refractivity contribution in [2.45, 2.75) is 32.6 Å². The van der Waals surface area contributed by atoms with E-state index in [2.05, 4.69) is 22.1 Å². The van der Waals surface area contributed by atoms with Crippen molar-refractivity contribution in [2.75, 3.05) is 37.3 Å². The fraction of sp³-hybridized carbons (Fsp3) is 0.321. The van der Waals surface area contributed by atoms with Gasteiger partial charge in [-0.3, -0.25) is 4.90 Å². The molecule has 1 aliphatic heterocycles. The number of likely N-dealkylation sites (tertiary alicyclic amines) is 1. The molecule has 0 radical (unpaired) electrons. The average Bonchev–Trinajstić information content (AvgIpc) is 3.56. The predicted molar refractivity (Wildman–Crippen MR) is 148 cm³/mol. The molecule has 1 aliphatic rings. The van der Waals surface area contributed by atoms with Gasteiger partial charge in [0.25, 0.3) is 0 Å². The van der Waals surface area contributed by atoms with Crippen molar-refractivity contribution in [3.63, 3.8) is 0 Å². The van der Waals surface area contributed by atoms with Crippen LogP contribution in [0.3, 0.4) is 0 Å². The molecule has 0 aliphatic carbocycles. The summed E-state index contributed by atoms with van der Waals surface area (Å²) in [6.07, 6.45) is 6.04. The number of benzene rings is 2. The summed E-state index contributed by atoms with van der Waals surface area (Å²) in [5, 5.41) is 4.17. The van der Waals surface area contributed by atoms with Gasteiger partial charge in [-0.2, -0.15) is 0 Å². The Kier molecular flexibility index (Phi) is 7.91. The lowest BCUT2D eigenvalue weighted by Gasteiger charge is -2.15. The number of nitrogens with one attached hydrogen (secondary N) is 1. The van der Waals surface area contributed by atoms with E-state index in [4.69, 9.17) is 20.4 Å². The zero-order chi connectivity index (χ0) is 25.6. The molecule has 2 aromatic heterocycles. The van der Waals surface area contributed by atoms with E-state index in [9.17, 15) is 4.39 Å². The van der Waals surface area contributed by atoms with Gasteiger partial charge in [0.15, 0.2) is 11.6 Å². The number of aryl methyl sites for hydroxylation is 1. The van der Waals surface area contributed by atoms with Crippen molar-refractivity contribution in [2.24, 2.45) is 0 Å². The normalized spacial score (nSPS) is 13.7. The fourth-order valence-corrected chi connectivity index (χ4v) is 5.56. The number of nitrogens with zero attached hydrogens (tertiary/aromatic N) is 4. The van der Waals surface area contributed by atoms with Gasteiger partial charge in [0.05, 0.1) is 21.3 Å².